The van der Waals surface area contributed by atoms with E-state index in [2.05, 4.69) is 4.98 Å². The van der Waals surface area contributed by atoms with Crippen molar-refractivity contribution in [2.45, 2.75) is 0 Å². The van der Waals surface area contributed by atoms with E-state index in [-0.39, 0.29) is 5.78 Å². The Morgan fingerprint density at radius 1 is 0.826 bits per heavy atom. The summed E-state index contributed by atoms with van der Waals surface area (Å²) >= 11 is 6.12. The van der Waals surface area contributed by atoms with Gasteiger partial charge in [0.05, 0.1) is 0 Å². The number of aromatic nitrogens is 1. The minimum absolute atomic E-state index is 0.0799. The molecule has 0 bridgehead atoms. The van der Waals surface area contributed by atoms with Gasteiger partial charge in [0.1, 0.15) is 5.69 Å². The summed E-state index contributed by atoms with van der Waals surface area (Å²) in [6.07, 6.45) is 1.63. The second-order valence-corrected chi connectivity index (χ2v) is 5.82. The van der Waals surface area contributed by atoms with E-state index >= 15 is 0 Å². The summed E-state index contributed by atoms with van der Waals surface area (Å²) in [5.41, 5.74) is 1.09. The maximum atomic E-state index is 12.9. The molecule has 0 amide bonds. The smallest absolute Gasteiger partial charge is 0.211 e. The lowest BCUT2D eigenvalue weighted by Gasteiger charge is -2.10. The molecule has 1 heterocycles. The Hall–Kier alpha value is -2.71. The molecule has 1 aromatic heterocycles. The molecule has 110 valence electrons. The van der Waals surface area contributed by atoms with Crippen molar-refractivity contribution >= 4 is 38.9 Å². The Morgan fingerprint density at radius 3 is 2.39 bits per heavy atom. The second kappa shape index (κ2) is 5.49. The number of hydrogen-bond acceptors (Lipinski definition) is 2. The molecule has 0 saturated carbocycles. The van der Waals surface area contributed by atoms with Crippen LogP contribution in [0, 0.1) is 0 Å². The highest BCUT2D eigenvalue weighted by Crippen LogP contribution is 2.31. The Labute approximate surface area is 138 Å². The molecule has 3 aromatic carbocycles. The predicted molar refractivity (Wildman–Crippen MR) is 94.1 cm³/mol. The van der Waals surface area contributed by atoms with Gasteiger partial charge < -0.3 is 0 Å². The first kappa shape index (κ1) is 13.9. The van der Waals surface area contributed by atoms with Crippen molar-refractivity contribution in [1.82, 2.24) is 4.98 Å². The average Bonchev–Trinajstić information content (AvgIpc) is 2.61. The number of benzene rings is 3. The number of ketones is 1. The quantitative estimate of drug-likeness (QED) is 0.372. The highest BCUT2D eigenvalue weighted by atomic mass is 35.5. The van der Waals surface area contributed by atoms with Crippen molar-refractivity contribution in [2.75, 3.05) is 0 Å². The van der Waals surface area contributed by atoms with Crippen molar-refractivity contribution in [3.8, 4) is 0 Å². The molecule has 0 spiro atoms. The van der Waals surface area contributed by atoms with Crippen LogP contribution in [0.3, 0.4) is 0 Å². The molecule has 4 aromatic rings. The highest BCUT2D eigenvalue weighted by molar-refractivity contribution is 6.32. The molecular weight excluding hydrogens is 306 g/mol. The lowest BCUT2D eigenvalue weighted by atomic mass is 9.94. The van der Waals surface area contributed by atoms with Gasteiger partial charge in [0.25, 0.3) is 0 Å². The largest absolute Gasteiger partial charge is 0.287 e. The lowest BCUT2D eigenvalue weighted by molar-refractivity contribution is 0.103. The molecule has 0 saturated heterocycles. The molecule has 0 radical (unpaired) electrons. The molecule has 2 nitrogen and oxygen atoms in total. The molecule has 0 unspecified atom stereocenters. The standard InChI is InChI=1S/C20H12ClNO/c21-14-8-9-15-13(11-14)12-18(17-6-2-1-5-16(15)17)20(23)19-7-3-4-10-22-19/h1-12H. The molecule has 0 atom stereocenters. The number of pyridine rings is 1. The zero-order chi connectivity index (χ0) is 15.8. The maximum absolute atomic E-state index is 12.9. The fraction of sp³-hybridized carbons (Fsp3) is 0. The van der Waals surface area contributed by atoms with Crippen molar-refractivity contribution in [3.63, 3.8) is 0 Å². The minimum atomic E-state index is -0.0799. The lowest BCUT2D eigenvalue weighted by Crippen LogP contribution is -2.04. The van der Waals surface area contributed by atoms with E-state index in [1.54, 1.807) is 18.3 Å². The van der Waals surface area contributed by atoms with Crippen LogP contribution in [0.4, 0.5) is 0 Å². The average molecular weight is 318 g/mol. The minimum Gasteiger partial charge on any atom is -0.287 e. The first-order valence-electron chi connectivity index (χ1n) is 7.31. The van der Waals surface area contributed by atoms with Gasteiger partial charge in [-0.25, -0.2) is 0 Å². The monoisotopic (exact) mass is 317 g/mol. The molecule has 0 N–H and O–H groups in total. The number of carbonyl (C=O) groups excluding carboxylic acids is 1. The van der Waals surface area contributed by atoms with Crippen molar-refractivity contribution in [3.05, 3.63) is 89.2 Å². The number of halogens is 1. The topological polar surface area (TPSA) is 30.0 Å². The molecule has 0 fully saturated rings. The molecule has 23 heavy (non-hydrogen) atoms. The van der Waals surface area contributed by atoms with E-state index in [9.17, 15) is 4.79 Å². The van der Waals surface area contributed by atoms with Gasteiger partial charge in [-0.15, -0.1) is 0 Å². The zero-order valence-corrected chi connectivity index (χ0v) is 12.9. The van der Waals surface area contributed by atoms with Crippen molar-refractivity contribution < 1.29 is 4.79 Å². The van der Waals surface area contributed by atoms with Crippen LogP contribution >= 0.6 is 11.6 Å². The Balaban J connectivity index is 2.06. The molecule has 4 rings (SSSR count). The molecule has 0 aliphatic heterocycles. The summed E-state index contributed by atoms with van der Waals surface area (Å²) in [6.45, 7) is 0. The van der Waals surface area contributed by atoms with Gasteiger partial charge in [-0.1, -0.05) is 48.0 Å². The number of hydrogen-bond donors (Lipinski definition) is 0. The third kappa shape index (κ3) is 2.37. The summed E-state index contributed by atoms with van der Waals surface area (Å²) in [5.74, 6) is -0.0799. The van der Waals surface area contributed by atoms with E-state index in [0.29, 0.717) is 16.3 Å². The van der Waals surface area contributed by atoms with Crippen LogP contribution in [-0.2, 0) is 0 Å². The normalized spacial score (nSPS) is 11.0. The molecule has 3 heteroatoms. The highest BCUT2D eigenvalue weighted by Gasteiger charge is 2.15. The van der Waals surface area contributed by atoms with Gasteiger partial charge >= 0.3 is 0 Å². The summed E-state index contributed by atoms with van der Waals surface area (Å²) < 4.78 is 0. The third-order valence-electron chi connectivity index (χ3n) is 3.96. The van der Waals surface area contributed by atoms with Crippen LogP contribution in [-0.4, -0.2) is 10.8 Å². The fourth-order valence-electron chi connectivity index (χ4n) is 2.91. The van der Waals surface area contributed by atoms with E-state index in [1.165, 1.54) is 0 Å². The van der Waals surface area contributed by atoms with Gasteiger partial charge in [0, 0.05) is 16.8 Å². The van der Waals surface area contributed by atoms with Crippen LogP contribution in [0.15, 0.2) is 72.9 Å². The van der Waals surface area contributed by atoms with Crippen LogP contribution < -0.4 is 0 Å². The van der Waals surface area contributed by atoms with Gasteiger partial charge in [-0.3, -0.25) is 9.78 Å². The van der Waals surface area contributed by atoms with Gasteiger partial charge in [-0.2, -0.15) is 0 Å². The van der Waals surface area contributed by atoms with Crippen LogP contribution in [0.2, 0.25) is 5.02 Å². The number of fused-ring (bicyclic) bond motifs is 3. The Bertz CT molecular complexity index is 1040. The number of rotatable bonds is 2. The first-order chi connectivity index (χ1) is 11.2. The van der Waals surface area contributed by atoms with Crippen LogP contribution in [0.25, 0.3) is 21.5 Å². The predicted octanol–water partition coefficient (Wildman–Crippen LogP) is 5.27. The third-order valence-corrected chi connectivity index (χ3v) is 4.20. The Kier molecular flexibility index (Phi) is 3.32. The first-order valence-corrected chi connectivity index (χ1v) is 7.68. The van der Waals surface area contributed by atoms with Crippen molar-refractivity contribution in [2.24, 2.45) is 0 Å². The fourth-order valence-corrected chi connectivity index (χ4v) is 3.09. The van der Waals surface area contributed by atoms with Crippen LogP contribution in [0.1, 0.15) is 16.1 Å². The van der Waals surface area contributed by atoms with Gasteiger partial charge in [0.15, 0.2) is 0 Å². The zero-order valence-electron chi connectivity index (χ0n) is 12.2. The summed E-state index contributed by atoms with van der Waals surface area (Å²) in [7, 11) is 0. The van der Waals surface area contributed by atoms with Crippen LogP contribution in [0.5, 0.6) is 0 Å². The number of carbonyl (C=O) groups is 1. The van der Waals surface area contributed by atoms with E-state index < -0.39 is 0 Å². The van der Waals surface area contributed by atoms with Crippen molar-refractivity contribution in [1.29, 1.82) is 0 Å². The molecular formula is C20H12ClNO. The maximum Gasteiger partial charge on any atom is 0.211 e. The number of nitrogens with zero attached hydrogens (tertiary/aromatic N) is 1. The van der Waals surface area contributed by atoms with Gasteiger partial charge in [-0.05, 0) is 51.9 Å². The Morgan fingerprint density at radius 2 is 1.61 bits per heavy atom. The second-order valence-electron chi connectivity index (χ2n) is 5.38. The van der Waals surface area contributed by atoms with E-state index in [0.717, 1.165) is 21.5 Å². The molecule has 0 aliphatic carbocycles. The SMILES string of the molecule is O=C(c1ccccn1)c1cc2cc(Cl)ccc2c2ccccc12. The molecule has 0 aliphatic rings. The summed E-state index contributed by atoms with van der Waals surface area (Å²) in [5, 5.41) is 4.67. The summed E-state index contributed by atoms with van der Waals surface area (Å²) in [6, 6.07) is 20.9. The van der Waals surface area contributed by atoms with E-state index in [1.807, 2.05) is 54.6 Å². The summed E-state index contributed by atoms with van der Waals surface area (Å²) in [4.78, 5) is 17.1. The van der Waals surface area contributed by atoms with E-state index in [4.69, 9.17) is 11.6 Å². The van der Waals surface area contributed by atoms with Gasteiger partial charge in [0.2, 0.25) is 5.78 Å².